The summed E-state index contributed by atoms with van der Waals surface area (Å²) in [6.45, 7) is 6.55. The van der Waals surface area contributed by atoms with Gasteiger partial charge in [-0.1, -0.05) is 20.8 Å². The Kier molecular flexibility index (Phi) is 5.41. The molecule has 0 aromatic carbocycles. The predicted molar refractivity (Wildman–Crippen MR) is 42.1 cm³/mol. The molecule has 0 heterocycles. The molecule has 0 fully saturated rings. The van der Waals surface area contributed by atoms with Crippen molar-refractivity contribution in [1.82, 2.24) is 0 Å². The quantitative estimate of drug-likeness (QED) is 0.496. The summed E-state index contributed by atoms with van der Waals surface area (Å²) < 4.78 is 0. The second-order valence-corrected chi connectivity index (χ2v) is 2.64. The van der Waals surface area contributed by atoms with E-state index in [1.54, 1.807) is 0 Å². The summed E-state index contributed by atoms with van der Waals surface area (Å²) in [6, 6.07) is 0. The van der Waals surface area contributed by atoms with Gasteiger partial charge in [-0.25, -0.2) is 0 Å². The molecular formula is C9H16. The summed E-state index contributed by atoms with van der Waals surface area (Å²) in [6.07, 6.45) is 3.32. The minimum absolute atomic E-state index is 0.802. The SMILES string of the molecule is CCC#CCCC(C)C. The monoisotopic (exact) mass is 124 g/mol. The normalized spacial score (nSPS) is 8.89. The van der Waals surface area contributed by atoms with Crippen LogP contribution in [-0.2, 0) is 0 Å². The van der Waals surface area contributed by atoms with Crippen LogP contribution >= 0.6 is 0 Å². The zero-order valence-electron chi connectivity index (χ0n) is 6.70. The third-order valence-corrected chi connectivity index (χ3v) is 1.15. The summed E-state index contributed by atoms with van der Waals surface area (Å²) >= 11 is 0. The molecule has 0 aromatic heterocycles. The van der Waals surface area contributed by atoms with E-state index in [1.165, 1.54) is 6.42 Å². The summed E-state index contributed by atoms with van der Waals surface area (Å²) in [7, 11) is 0. The van der Waals surface area contributed by atoms with Crippen LogP contribution in [0.4, 0.5) is 0 Å². The molecule has 0 aromatic rings. The van der Waals surface area contributed by atoms with Crippen molar-refractivity contribution in [3.8, 4) is 11.8 Å². The van der Waals surface area contributed by atoms with E-state index in [0.29, 0.717) is 0 Å². The second kappa shape index (κ2) is 5.69. The van der Waals surface area contributed by atoms with Gasteiger partial charge in [-0.15, -0.1) is 11.8 Å². The van der Waals surface area contributed by atoms with Crippen molar-refractivity contribution >= 4 is 0 Å². The van der Waals surface area contributed by atoms with E-state index in [-0.39, 0.29) is 0 Å². The van der Waals surface area contributed by atoms with Gasteiger partial charge in [0.2, 0.25) is 0 Å². The lowest BCUT2D eigenvalue weighted by Gasteiger charge is -1.96. The number of rotatable bonds is 2. The maximum Gasteiger partial charge on any atom is 0.00911 e. The Hall–Kier alpha value is -0.440. The van der Waals surface area contributed by atoms with Crippen LogP contribution in [0, 0.1) is 17.8 Å². The molecule has 0 aliphatic heterocycles. The average molecular weight is 124 g/mol. The first-order valence-corrected chi connectivity index (χ1v) is 3.73. The molecule has 0 radical (unpaired) electrons. The first kappa shape index (κ1) is 8.56. The minimum atomic E-state index is 0.802. The van der Waals surface area contributed by atoms with E-state index < -0.39 is 0 Å². The Morgan fingerprint density at radius 2 is 1.89 bits per heavy atom. The third kappa shape index (κ3) is 7.56. The first-order chi connectivity index (χ1) is 4.27. The van der Waals surface area contributed by atoms with Crippen LogP contribution < -0.4 is 0 Å². The fourth-order valence-electron chi connectivity index (χ4n) is 0.574. The van der Waals surface area contributed by atoms with Gasteiger partial charge in [0.15, 0.2) is 0 Å². The maximum absolute atomic E-state index is 3.12. The first-order valence-electron chi connectivity index (χ1n) is 3.73. The van der Waals surface area contributed by atoms with Crippen LogP contribution in [0.3, 0.4) is 0 Å². The molecule has 0 saturated heterocycles. The predicted octanol–water partition coefficient (Wildman–Crippen LogP) is 2.84. The van der Waals surface area contributed by atoms with Crippen molar-refractivity contribution in [1.29, 1.82) is 0 Å². The van der Waals surface area contributed by atoms with Crippen molar-refractivity contribution in [2.75, 3.05) is 0 Å². The Morgan fingerprint density at radius 3 is 2.33 bits per heavy atom. The lowest BCUT2D eigenvalue weighted by molar-refractivity contribution is 0.599. The van der Waals surface area contributed by atoms with Gasteiger partial charge in [-0.3, -0.25) is 0 Å². The van der Waals surface area contributed by atoms with Gasteiger partial charge < -0.3 is 0 Å². The van der Waals surface area contributed by atoms with Gasteiger partial charge in [-0.05, 0) is 12.3 Å². The molecule has 0 saturated carbocycles. The Labute approximate surface area is 58.7 Å². The lowest BCUT2D eigenvalue weighted by atomic mass is 10.1. The van der Waals surface area contributed by atoms with Crippen LogP contribution in [0.2, 0.25) is 0 Å². The highest BCUT2D eigenvalue weighted by Gasteiger charge is 1.88. The Morgan fingerprint density at radius 1 is 1.22 bits per heavy atom. The molecule has 0 unspecified atom stereocenters. The van der Waals surface area contributed by atoms with Gasteiger partial charge in [0.1, 0.15) is 0 Å². The summed E-state index contributed by atoms with van der Waals surface area (Å²) in [5.41, 5.74) is 0. The summed E-state index contributed by atoms with van der Waals surface area (Å²) in [4.78, 5) is 0. The third-order valence-electron chi connectivity index (χ3n) is 1.15. The molecule has 0 amide bonds. The molecule has 0 N–H and O–H groups in total. The largest absolute Gasteiger partial charge is 0.104 e. The van der Waals surface area contributed by atoms with Crippen LogP contribution in [0.25, 0.3) is 0 Å². The average Bonchev–Trinajstić information content (AvgIpc) is 1.80. The molecule has 0 rings (SSSR count). The van der Waals surface area contributed by atoms with E-state index in [2.05, 4.69) is 32.6 Å². The van der Waals surface area contributed by atoms with Gasteiger partial charge in [0, 0.05) is 12.8 Å². The van der Waals surface area contributed by atoms with Crippen LogP contribution in [0.5, 0.6) is 0 Å². The highest BCUT2D eigenvalue weighted by Crippen LogP contribution is 2.01. The minimum Gasteiger partial charge on any atom is -0.104 e. The van der Waals surface area contributed by atoms with Gasteiger partial charge in [-0.2, -0.15) is 0 Å². The van der Waals surface area contributed by atoms with E-state index in [4.69, 9.17) is 0 Å². The van der Waals surface area contributed by atoms with Crippen molar-refractivity contribution in [3.05, 3.63) is 0 Å². The zero-order valence-corrected chi connectivity index (χ0v) is 6.70. The molecule has 0 aliphatic rings. The number of hydrogen-bond donors (Lipinski definition) is 0. The molecule has 0 nitrogen and oxygen atoms in total. The molecule has 52 valence electrons. The molecule has 0 heteroatoms. The van der Waals surface area contributed by atoms with Crippen LogP contribution in [0.1, 0.15) is 40.0 Å². The van der Waals surface area contributed by atoms with Crippen molar-refractivity contribution in [3.63, 3.8) is 0 Å². The van der Waals surface area contributed by atoms with Crippen LogP contribution in [0.15, 0.2) is 0 Å². The fraction of sp³-hybridized carbons (Fsp3) is 0.778. The van der Waals surface area contributed by atoms with Gasteiger partial charge in [0.25, 0.3) is 0 Å². The molecule has 0 atom stereocenters. The summed E-state index contributed by atoms with van der Waals surface area (Å²) in [5.74, 6) is 6.97. The molecule has 0 spiro atoms. The topological polar surface area (TPSA) is 0 Å². The Bertz CT molecular complexity index is 101. The van der Waals surface area contributed by atoms with E-state index in [1.807, 2.05) is 0 Å². The second-order valence-electron chi connectivity index (χ2n) is 2.64. The molecule has 0 bridgehead atoms. The maximum atomic E-state index is 3.12. The van der Waals surface area contributed by atoms with E-state index >= 15 is 0 Å². The van der Waals surface area contributed by atoms with Crippen molar-refractivity contribution in [2.24, 2.45) is 5.92 Å². The highest BCUT2D eigenvalue weighted by atomic mass is 13.9. The summed E-state index contributed by atoms with van der Waals surface area (Å²) in [5, 5.41) is 0. The molecular weight excluding hydrogens is 108 g/mol. The number of hydrogen-bond acceptors (Lipinski definition) is 0. The van der Waals surface area contributed by atoms with Crippen molar-refractivity contribution in [2.45, 2.75) is 40.0 Å². The lowest BCUT2D eigenvalue weighted by Crippen LogP contribution is -1.83. The van der Waals surface area contributed by atoms with E-state index in [0.717, 1.165) is 18.8 Å². The zero-order chi connectivity index (χ0) is 7.11. The van der Waals surface area contributed by atoms with Crippen molar-refractivity contribution < 1.29 is 0 Å². The van der Waals surface area contributed by atoms with Crippen LogP contribution in [-0.4, -0.2) is 0 Å². The van der Waals surface area contributed by atoms with Gasteiger partial charge in [0.05, 0.1) is 0 Å². The molecule has 0 aliphatic carbocycles. The standard InChI is InChI=1S/C9H16/c1-4-5-6-7-8-9(2)3/h9H,4,7-8H2,1-3H3. The molecule has 9 heavy (non-hydrogen) atoms. The van der Waals surface area contributed by atoms with E-state index in [9.17, 15) is 0 Å². The fourth-order valence-corrected chi connectivity index (χ4v) is 0.574. The highest BCUT2D eigenvalue weighted by molar-refractivity contribution is 4.97. The van der Waals surface area contributed by atoms with Gasteiger partial charge >= 0.3 is 0 Å². The smallest absolute Gasteiger partial charge is 0.00911 e. The Balaban J connectivity index is 3.09.